The molecule has 0 bridgehead atoms. The lowest BCUT2D eigenvalue weighted by Crippen LogP contribution is -2.36. The van der Waals surface area contributed by atoms with Gasteiger partial charge in [-0.1, -0.05) is 0 Å². The molecule has 0 spiro atoms. The number of amides is 1. The minimum absolute atomic E-state index is 0.0845. The van der Waals surface area contributed by atoms with Crippen LogP contribution in [0.25, 0.3) is 0 Å². The van der Waals surface area contributed by atoms with Crippen LogP contribution >= 0.6 is 0 Å². The lowest BCUT2D eigenvalue weighted by molar-refractivity contribution is -0.115. The third kappa shape index (κ3) is 2.21. The Bertz CT molecular complexity index is 318. The van der Waals surface area contributed by atoms with Gasteiger partial charge in [-0.05, 0) is 7.05 Å². The minimum atomic E-state index is -3.91. The van der Waals surface area contributed by atoms with Gasteiger partial charge in [0.05, 0.1) is 6.54 Å². The smallest absolute Gasteiger partial charge is 0.370 e. The molecule has 0 aromatic carbocycles. The van der Waals surface area contributed by atoms with Gasteiger partial charge >= 0.3 is 10.3 Å². The van der Waals surface area contributed by atoms with Gasteiger partial charge in [0.1, 0.15) is 5.76 Å². The Kier molecular flexibility index (Phi) is 2.34. The summed E-state index contributed by atoms with van der Waals surface area (Å²) in [5.74, 6) is -0.604. The second kappa shape index (κ2) is 3.11. The van der Waals surface area contributed by atoms with Crippen LogP contribution in [-0.2, 0) is 19.3 Å². The topological polar surface area (TPSA) is 84.5 Å². The van der Waals surface area contributed by atoms with Crippen molar-refractivity contribution in [3.8, 4) is 0 Å². The highest BCUT2D eigenvalue weighted by atomic mass is 32.2. The molecule has 0 aliphatic carbocycles. The summed E-state index contributed by atoms with van der Waals surface area (Å²) in [5.41, 5.74) is 0. The molecule has 7 heteroatoms. The SMILES string of the molecule is CNCC1=CC(=O)NS(=O)(=O)O1. The Labute approximate surface area is 69.8 Å². The van der Waals surface area contributed by atoms with Crippen LogP contribution in [0, 0.1) is 0 Å². The van der Waals surface area contributed by atoms with Crippen molar-refractivity contribution in [1.29, 1.82) is 0 Å². The predicted octanol–water partition coefficient (Wildman–Crippen LogP) is -1.52. The Hall–Kier alpha value is -1.08. The Balaban J connectivity index is 2.84. The van der Waals surface area contributed by atoms with E-state index in [-0.39, 0.29) is 12.3 Å². The van der Waals surface area contributed by atoms with E-state index in [4.69, 9.17) is 0 Å². The third-order valence-corrected chi connectivity index (χ3v) is 1.97. The summed E-state index contributed by atoms with van der Waals surface area (Å²) in [4.78, 5) is 10.7. The predicted molar refractivity (Wildman–Crippen MR) is 40.2 cm³/mol. The van der Waals surface area contributed by atoms with Crippen molar-refractivity contribution in [2.24, 2.45) is 0 Å². The standard InChI is InChI=1S/C5H8N2O4S/c1-6-3-4-2-5(8)7-12(9,10)11-4/h2,6H,3H2,1H3,(H,7,8). The van der Waals surface area contributed by atoms with Crippen LogP contribution in [0.5, 0.6) is 0 Å². The van der Waals surface area contributed by atoms with Crippen molar-refractivity contribution in [3.63, 3.8) is 0 Å². The molecule has 1 rings (SSSR count). The molecule has 1 amide bonds. The maximum Gasteiger partial charge on any atom is 0.409 e. The van der Waals surface area contributed by atoms with Crippen LogP contribution in [0.4, 0.5) is 0 Å². The molecule has 1 heterocycles. The first-order chi connectivity index (χ1) is 5.53. The zero-order valence-electron chi connectivity index (χ0n) is 6.33. The van der Waals surface area contributed by atoms with E-state index in [1.807, 2.05) is 0 Å². The van der Waals surface area contributed by atoms with E-state index in [2.05, 4.69) is 9.50 Å². The molecule has 0 aromatic heterocycles. The van der Waals surface area contributed by atoms with Crippen LogP contribution in [0.3, 0.4) is 0 Å². The Morgan fingerprint density at radius 1 is 1.67 bits per heavy atom. The lowest BCUT2D eigenvalue weighted by atomic mass is 10.4. The molecule has 2 N–H and O–H groups in total. The number of rotatable bonds is 2. The molecule has 68 valence electrons. The number of nitrogens with one attached hydrogen (secondary N) is 2. The normalized spacial score (nSPS) is 20.8. The van der Waals surface area contributed by atoms with Gasteiger partial charge in [0.2, 0.25) is 0 Å². The molecule has 0 fully saturated rings. The summed E-state index contributed by atoms with van der Waals surface area (Å²) in [6, 6.07) is 0. The summed E-state index contributed by atoms with van der Waals surface area (Å²) in [5, 5.41) is 2.66. The molecule has 0 radical (unpaired) electrons. The van der Waals surface area contributed by atoms with Crippen LogP contribution in [0.1, 0.15) is 0 Å². The van der Waals surface area contributed by atoms with Crippen molar-refractivity contribution in [3.05, 3.63) is 11.8 Å². The molecule has 12 heavy (non-hydrogen) atoms. The van der Waals surface area contributed by atoms with E-state index in [1.54, 1.807) is 11.8 Å². The maximum atomic E-state index is 10.7. The van der Waals surface area contributed by atoms with Gasteiger partial charge in [0.15, 0.2) is 0 Å². The first-order valence-corrected chi connectivity index (χ1v) is 4.56. The molecule has 0 unspecified atom stereocenters. The van der Waals surface area contributed by atoms with Gasteiger partial charge in [-0.2, -0.15) is 8.42 Å². The summed E-state index contributed by atoms with van der Waals surface area (Å²) < 4.78 is 27.5. The second-order valence-corrected chi connectivity index (χ2v) is 3.42. The average molecular weight is 192 g/mol. The van der Waals surface area contributed by atoms with Crippen molar-refractivity contribution < 1.29 is 17.4 Å². The van der Waals surface area contributed by atoms with Crippen LogP contribution < -0.4 is 10.0 Å². The van der Waals surface area contributed by atoms with Crippen molar-refractivity contribution in [1.82, 2.24) is 10.0 Å². The molecule has 0 saturated heterocycles. The second-order valence-electron chi connectivity index (χ2n) is 2.14. The van der Waals surface area contributed by atoms with Crippen molar-refractivity contribution in [2.75, 3.05) is 13.6 Å². The molecule has 0 atom stereocenters. The van der Waals surface area contributed by atoms with E-state index in [0.717, 1.165) is 6.08 Å². The molecule has 0 saturated carbocycles. The first-order valence-electron chi connectivity index (χ1n) is 3.15. The highest BCUT2D eigenvalue weighted by molar-refractivity contribution is 7.85. The zero-order chi connectivity index (χ0) is 9.19. The number of carbonyl (C=O) groups excluding carboxylic acids is 1. The van der Waals surface area contributed by atoms with E-state index >= 15 is 0 Å². The number of likely N-dealkylation sites (N-methyl/N-ethyl adjacent to an activating group) is 1. The summed E-state index contributed by atoms with van der Waals surface area (Å²) >= 11 is 0. The lowest BCUT2D eigenvalue weighted by Gasteiger charge is -2.14. The average Bonchev–Trinajstić information content (AvgIpc) is 1.82. The monoisotopic (exact) mass is 192 g/mol. The largest absolute Gasteiger partial charge is 0.409 e. The molecular weight excluding hydrogens is 184 g/mol. The third-order valence-electron chi connectivity index (χ3n) is 1.09. The number of hydrogen-bond donors (Lipinski definition) is 2. The van der Waals surface area contributed by atoms with Crippen molar-refractivity contribution in [2.45, 2.75) is 0 Å². The van der Waals surface area contributed by atoms with Gasteiger partial charge in [-0.15, -0.1) is 0 Å². The molecule has 1 aliphatic heterocycles. The first kappa shape index (κ1) is 9.01. The highest BCUT2D eigenvalue weighted by Crippen LogP contribution is 2.06. The van der Waals surface area contributed by atoms with Gasteiger partial charge in [-0.25, -0.2) is 4.72 Å². The molecule has 1 aliphatic rings. The molecule has 0 aromatic rings. The quantitative estimate of drug-likeness (QED) is 0.555. The fraction of sp³-hybridized carbons (Fsp3) is 0.400. The number of hydrogen-bond acceptors (Lipinski definition) is 5. The summed E-state index contributed by atoms with van der Waals surface area (Å²) in [6.45, 7) is 0.201. The maximum absolute atomic E-state index is 10.7. The van der Waals surface area contributed by atoms with E-state index < -0.39 is 16.2 Å². The number of carbonyl (C=O) groups is 1. The zero-order valence-corrected chi connectivity index (χ0v) is 7.14. The fourth-order valence-corrected chi connectivity index (χ4v) is 1.48. The van der Waals surface area contributed by atoms with Gasteiger partial charge in [-0.3, -0.25) is 4.79 Å². The van der Waals surface area contributed by atoms with Crippen LogP contribution in [0.15, 0.2) is 11.8 Å². The molecule has 6 nitrogen and oxygen atoms in total. The highest BCUT2D eigenvalue weighted by Gasteiger charge is 2.22. The fourth-order valence-electron chi connectivity index (χ4n) is 0.739. The summed E-state index contributed by atoms with van der Waals surface area (Å²) in [6.07, 6.45) is 1.08. The van der Waals surface area contributed by atoms with E-state index in [0.29, 0.717) is 0 Å². The Morgan fingerprint density at radius 3 is 2.83 bits per heavy atom. The Morgan fingerprint density at radius 2 is 2.33 bits per heavy atom. The van der Waals surface area contributed by atoms with E-state index in [9.17, 15) is 13.2 Å². The van der Waals surface area contributed by atoms with Gasteiger partial charge in [0.25, 0.3) is 5.91 Å². The minimum Gasteiger partial charge on any atom is -0.370 e. The van der Waals surface area contributed by atoms with Crippen molar-refractivity contribution >= 4 is 16.2 Å². The van der Waals surface area contributed by atoms with Crippen LogP contribution in [0.2, 0.25) is 0 Å². The van der Waals surface area contributed by atoms with Gasteiger partial charge in [0, 0.05) is 6.08 Å². The molecular formula is C5H8N2O4S. The van der Waals surface area contributed by atoms with Crippen LogP contribution in [-0.4, -0.2) is 27.9 Å². The summed E-state index contributed by atoms with van der Waals surface area (Å²) in [7, 11) is -2.30. The van der Waals surface area contributed by atoms with E-state index in [1.165, 1.54) is 0 Å². The van der Waals surface area contributed by atoms with Gasteiger partial charge < -0.3 is 9.50 Å².